The van der Waals surface area contributed by atoms with E-state index in [4.69, 9.17) is 0 Å². The number of pyridine rings is 1. The molecule has 0 atom stereocenters. The molecule has 20 heavy (non-hydrogen) atoms. The van der Waals surface area contributed by atoms with Crippen molar-refractivity contribution in [3.63, 3.8) is 0 Å². The lowest BCUT2D eigenvalue weighted by atomic mass is 10.0. The number of aryl methyl sites for hydroxylation is 1. The van der Waals surface area contributed by atoms with E-state index in [1.807, 2.05) is 61.3 Å². The largest absolute Gasteiger partial charge is 0.299 e. The highest BCUT2D eigenvalue weighted by Gasteiger charge is 2.11. The molecule has 1 aromatic heterocycles. The third-order valence-electron chi connectivity index (χ3n) is 3.33. The molecule has 104 valence electrons. The summed E-state index contributed by atoms with van der Waals surface area (Å²) in [6, 6.07) is 13.6. The van der Waals surface area contributed by atoms with Gasteiger partial charge in [0.05, 0.1) is 6.54 Å². The van der Waals surface area contributed by atoms with Gasteiger partial charge in [-0.3, -0.25) is 14.7 Å². The van der Waals surface area contributed by atoms with Crippen molar-refractivity contribution in [2.45, 2.75) is 13.3 Å². The van der Waals surface area contributed by atoms with Gasteiger partial charge in [0, 0.05) is 30.4 Å². The molecular formula is C17H20N2O. The van der Waals surface area contributed by atoms with Crippen LogP contribution in [0.1, 0.15) is 21.6 Å². The summed E-state index contributed by atoms with van der Waals surface area (Å²) < 4.78 is 0. The average molecular weight is 268 g/mol. The van der Waals surface area contributed by atoms with Gasteiger partial charge in [-0.25, -0.2) is 0 Å². The van der Waals surface area contributed by atoms with Crippen molar-refractivity contribution >= 4 is 5.78 Å². The van der Waals surface area contributed by atoms with Crippen LogP contribution in [0.2, 0.25) is 0 Å². The van der Waals surface area contributed by atoms with Crippen molar-refractivity contribution in [3.05, 3.63) is 65.5 Å². The monoisotopic (exact) mass is 268 g/mol. The maximum Gasteiger partial charge on any atom is 0.177 e. The Morgan fingerprint density at radius 3 is 2.60 bits per heavy atom. The van der Waals surface area contributed by atoms with E-state index in [2.05, 4.69) is 4.98 Å². The molecule has 3 heteroatoms. The fourth-order valence-corrected chi connectivity index (χ4v) is 2.15. The summed E-state index contributed by atoms with van der Waals surface area (Å²) in [6.07, 6.45) is 2.66. The minimum Gasteiger partial charge on any atom is -0.299 e. The normalized spacial score (nSPS) is 10.8. The van der Waals surface area contributed by atoms with Gasteiger partial charge in [0.15, 0.2) is 5.78 Å². The SMILES string of the molecule is Cc1ccccc1C(=O)CN(C)CCc1ccccn1. The summed E-state index contributed by atoms with van der Waals surface area (Å²) in [5, 5.41) is 0. The van der Waals surface area contributed by atoms with Gasteiger partial charge in [-0.1, -0.05) is 30.3 Å². The van der Waals surface area contributed by atoms with E-state index in [-0.39, 0.29) is 5.78 Å². The zero-order chi connectivity index (χ0) is 14.4. The van der Waals surface area contributed by atoms with Gasteiger partial charge in [-0.2, -0.15) is 0 Å². The van der Waals surface area contributed by atoms with Gasteiger partial charge in [-0.15, -0.1) is 0 Å². The highest BCUT2D eigenvalue weighted by atomic mass is 16.1. The number of ketones is 1. The molecule has 0 aliphatic carbocycles. The van der Waals surface area contributed by atoms with Gasteiger partial charge in [-0.05, 0) is 31.7 Å². The first-order valence-corrected chi connectivity index (χ1v) is 6.84. The van der Waals surface area contributed by atoms with E-state index in [0.717, 1.165) is 29.8 Å². The maximum atomic E-state index is 12.2. The zero-order valence-electron chi connectivity index (χ0n) is 12.0. The Hall–Kier alpha value is -2.00. The number of nitrogens with zero attached hydrogens (tertiary/aromatic N) is 2. The quantitative estimate of drug-likeness (QED) is 0.755. The Kier molecular flexibility index (Phi) is 5.02. The van der Waals surface area contributed by atoms with E-state index in [0.29, 0.717) is 6.54 Å². The van der Waals surface area contributed by atoms with Gasteiger partial charge < -0.3 is 0 Å². The second kappa shape index (κ2) is 6.96. The van der Waals surface area contributed by atoms with Crippen LogP contribution in [0.5, 0.6) is 0 Å². The number of carbonyl (C=O) groups excluding carboxylic acids is 1. The van der Waals surface area contributed by atoms with Crippen LogP contribution in [0, 0.1) is 6.92 Å². The molecule has 2 aromatic rings. The Balaban J connectivity index is 1.87. The number of hydrogen-bond donors (Lipinski definition) is 0. The van der Waals surface area contributed by atoms with Crippen LogP contribution in [0.15, 0.2) is 48.7 Å². The molecule has 0 amide bonds. The molecule has 0 unspecified atom stereocenters. The number of Topliss-reactive ketones (excluding diaryl/α,β-unsaturated/α-hetero) is 1. The molecule has 0 radical (unpaired) electrons. The zero-order valence-corrected chi connectivity index (χ0v) is 12.0. The van der Waals surface area contributed by atoms with Crippen LogP contribution >= 0.6 is 0 Å². The molecule has 0 N–H and O–H groups in total. The summed E-state index contributed by atoms with van der Waals surface area (Å²) in [5.74, 6) is 0.173. The summed E-state index contributed by atoms with van der Waals surface area (Å²) >= 11 is 0. The van der Waals surface area contributed by atoms with Crippen LogP contribution in [0.25, 0.3) is 0 Å². The molecule has 0 fully saturated rings. The van der Waals surface area contributed by atoms with E-state index in [1.165, 1.54) is 0 Å². The molecule has 3 nitrogen and oxygen atoms in total. The minimum atomic E-state index is 0.173. The fourth-order valence-electron chi connectivity index (χ4n) is 2.15. The lowest BCUT2D eigenvalue weighted by Gasteiger charge is -2.16. The Morgan fingerprint density at radius 1 is 1.15 bits per heavy atom. The molecule has 0 aliphatic heterocycles. The summed E-state index contributed by atoms with van der Waals surface area (Å²) in [6.45, 7) is 3.24. The van der Waals surface area contributed by atoms with E-state index in [1.54, 1.807) is 6.20 Å². The van der Waals surface area contributed by atoms with Crippen LogP contribution < -0.4 is 0 Å². The van der Waals surface area contributed by atoms with Gasteiger partial charge >= 0.3 is 0 Å². The number of rotatable bonds is 6. The minimum absolute atomic E-state index is 0.173. The Bertz CT molecular complexity index is 566. The van der Waals surface area contributed by atoms with Gasteiger partial charge in [0.1, 0.15) is 0 Å². The van der Waals surface area contributed by atoms with Crippen molar-refractivity contribution in [2.24, 2.45) is 0 Å². The fraction of sp³-hybridized carbons (Fsp3) is 0.294. The average Bonchev–Trinajstić information content (AvgIpc) is 2.46. The van der Waals surface area contributed by atoms with Crippen LogP contribution in [-0.2, 0) is 6.42 Å². The number of carbonyl (C=O) groups is 1. The number of benzene rings is 1. The third-order valence-corrected chi connectivity index (χ3v) is 3.33. The lowest BCUT2D eigenvalue weighted by Crippen LogP contribution is -2.28. The Morgan fingerprint density at radius 2 is 1.90 bits per heavy atom. The second-order valence-corrected chi connectivity index (χ2v) is 5.05. The van der Waals surface area contributed by atoms with Crippen molar-refractivity contribution in [2.75, 3.05) is 20.1 Å². The predicted molar refractivity (Wildman–Crippen MR) is 80.9 cm³/mol. The molecule has 2 rings (SSSR count). The summed E-state index contributed by atoms with van der Waals surface area (Å²) in [7, 11) is 1.97. The molecule has 0 saturated heterocycles. The number of likely N-dealkylation sites (N-methyl/N-ethyl adjacent to an activating group) is 1. The predicted octanol–water partition coefficient (Wildman–Crippen LogP) is 2.75. The van der Waals surface area contributed by atoms with Crippen molar-refractivity contribution < 1.29 is 4.79 Å². The molecular weight excluding hydrogens is 248 g/mol. The highest BCUT2D eigenvalue weighted by molar-refractivity contribution is 5.98. The summed E-state index contributed by atoms with van der Waals surface area (Å²) in [4.78, 5) is 18.6. The van der Waals surface area contributed by atoms with Gasteiger partial charge in [0.25, 0.3) is 0 Å². The topological polar surface area (TPSA) is 33.2 Å². The van der Waals surface area contributed by atoms with Crippen molar-refractivity contribution in [3.8, 4) is 0 Å². The van der Waals surface area contributed by atoms with E-state index < -0.39 is 0 Å². The molecule has 0 spiro atoms. The number of aromatic nitrogens is 1. The summed E-state index contributed by atoms with van der Waals surface area (Å²) in [5.41, 5.74) is 2.91. The molecule has 0 bridgehead atoms. The first-order chi connectivity index (χ1) is 9.66. The first kappa shape index (κ1) is 14.4. The third kappa shape index (κ3) is 4.00. The molecule has 0 aliphatic rings. The van der Waals surface area contributed by atoms with Crippen molar-refractivity contribution in [1.29, 1.82) is 0 Å². The van der Waals surface area contributed by atoms with Crippen LogP contribution in [-0.4, -0.2) is 35.8 Å². The van der Waals surface area contributed by atoms with E-state index in [9.17, 15) is 4.79 Å². The van der Waals surface area contributed by atoms with Crippen molar-refractivity contribution in [1.82, 2.24) is 9.88 Å². The second-order valence-electron chi connectivity index (χ2n) is 5.05. The Labute approximate surface area is 120 Å². The van der Waals surface area contributed by atoms with Gasteiger partial charge in [0.2, 0.25) is 0 Å². The standard InChI is InChI=1S/C17H20N2O/c1-14-7-3-4-9-16(14)17(20)13-19(2)12-10-15-8-5-6-11-18-15/h3-9,11H,10,12-13H2,1-2H3. The molecule has 1 heterocycles. The van der Waals surface area contributed by atoms with E-state index >= 15 is 0 Å². The smallest absolute Gasteiger partial charge is 0.177 e. The number of hydrogen-bond acceptors (Lipinski definition) is 3. The lowest BCUT2D eigenvalue weighted by molar-refractivity contribution is 0.0946. The first-order valence-electron chi connectivity index (χ1n) is 6.84. The van der Waals surface area contributed by atoms with Crippen LogP contribution in [0.4, 0.5) is 0 Å². The highest BCUT2D eigenvalue weighted by Crippen LogP contribution is 2.08. The maximum absolute atomic E-state index is 12.2. The molecule has 1 aromatic carbocycles. The van der Waals surface area contributed by atoms with Crippen LogP contribution in [0.3, 0.4) is 0 Å². The molecule has 0 saturated carbocycles.